The highest BCUT2D eigenvalue weighted by Crippen LogP contribution is 2.07. The second-order valence-electron chi connectivity index (χ2n) is 3.48. The van der Waals surface area contributed by atoms with Crippen molar-refractivity contribution in [3.63, 3.8) is 0 Å². The molecule has 2 N–H and O–H groups in total. The number of methoxy groups -OCH3 is 2. The highest BCUT2D eigenvalue weighted by molar-refractivity contribution is 5.81. The Morgan fingerprint density at radius 3 is 2.73 bits per heavy atom. The second kappa shape index (κ2) is 7.25. The van der Waals surface area contributed by atoms with E-state index in [1.165, 1.54) is 19.4 Å². The molecule has 0 aromatic rings. The van der Waals surface area contributed by atoms with Gasteiger partial charge in [0.1, 0.15) is 0 Å². The summed E-state index contributed by atoms with van der Waals surface area (Å²) in [6.45, 7) is 2.55. The Balaban J connectivity index is 3.73. The maximum Gasteiger partial charge on any atom is 0.331 e. The molecular weight excluding hydrogens is 198 g/mol. The molecule has 0 rings (SSSR count). The lowest BCUT2D eigenvalue weighted by Crippen LogP contribution is -2.36. The van der Waals surface area contributed by atoms with Crippen LogP contribution in [-0.2, 0) is 14.3 Å². The average molecular weight is 217 g/mol. The van der Waals surface area contributed by atoms with Crippen LogP contribution in [0, 0.1) is 0 Å². The van der Waals surface area contributed by atoms with Crippen LogP contribution >= 0.6 is 0 Å². The van der Waals surface area contributed by atoms with Gasteiger partial charge in [0.05, 0.1) is 12.7 Å². The van der Waals surface area contributed by atoms with E-state index in [1.807, 2.05) is 0 Å². The fourth-order valence-electron chi connectivity index (χ4n) is 0.884. The van der Waals surface area contributed by atoms with Gasteiger partial charge in [0, 0.05) is 39.0 Å². The van der Waals surface area contributed by atoms with Gasteiger partial charge in [-0.05, 0) is 6.92 Å². The Labute approximate surface area is 90.1 Å². The van der Waals surface area contributed by atoms with E-state index in [0.29, 0.717) is 19.6 Å². The third-order valence-corrected chi connectivity index (χ3v) is 1.87. The van der Waals surface area contributed by atoms with Crippen molar-refractivity contribution >= 4 is 5.97 Å². The lowest BCUT2D eigenvalue weighted by Gasteiger charge is -2.22. The highest BCUT2D eigenvalue weighted by Gasteiger charge is 2.18. The Bertz CT molecular complexity index is 213. The summed E-state index contributed by atoms with van der Waals surface area (Å²) in [5, 5.41) is 12.6. The molecule has 5 nitrogen and oxygen atoms in total. The fraction of sp³-hybridized carbons (Fsp3) is 0.700. The number of carbonyl (C=O) groups is 1. The number of esters is 1. The van der Waals surface area contributed by atoms with Gasteiger partial charge >= 0.3 is 5.97 Å². The highest BCUT2D eigenvalue weighted by atomic mass is 16.5. The minimum Gasteiger partial charge on any atom is -0.466 e. The molecule has 0 saturated carbocycles. The van der Waals surface area contributed by atoms with Crippen molar-refractivity contribution < 1.29 is 19.4 Å². The summed E-state index contributed by atoms with van der Waals surface area (Å²) in [7, 11) is 2.89. The van der Waals surface area contributed by atoms with E-state index in [2.05, 4.69) is 10.1 Å². The molecule has 88 valence electrons. The summed E-state index contributed by atoms with van der Waals surface area (Å²) in [6, 6.07) is 0. The SMILES string of the molecule is COCCC(C)(O)CN/C=C/C(=O)OC. The van der Waals surface area contributed by atoms with E-state index >= 15 is 0 Å². The second-order valence-corrected chi connectivity index (χ2v) is 3.48. The first-order valence-electron chi connectivity index (χ1n) is 4.71. The zero-order valence-corrected chi connectivity index (χ0v) is 9.45. The molecule has 0 amide bonds. The number of hydrogen-bond acceptors (Lipinski definition) is 5. The van der Waals surface area contributed by atoms with E-state index in [-0.39, 0.29) is 0 Å². The lowest BCUT2D eigenvalue weighted by atomic mass is 10.0. The minimum absolute atomic E-state index is 0.351. The van der Waals surface area contributed by atoms with E-state index < -0.39 is 11.6 Å². The molecule has 0 spiro atoms. The van der Waals surface area contributed by atoms with E-state index in [9.17, 15) is 9.90 Å². The maximum atomic E-state index is 10.7. The summed E-state index contributed by atoms with van der Waals surface area (Å²) >= 11 is 0. The van der Waals surface area contributed by atoms with Gasteiger partial charge in [0.25, 0.3) is 0 Å². The minimum atomic E-state index is -0.851. The van der Waals surface area contributed by atoms with Crippen molar-refractivity contribution in [1.29, 1.82) is 0 Å². The first-order chi connectivity index (χ1) is 7.02. The molecule has 0 saturated heterocycles. The first-order valence-corrected chi connectivity index (χ1v) is 4.71. The number of carbonyl (C=O) groups excluding carboxylic acids is 1. The molecular formula is C10H19NO4. The lowest BCUT2D eigenvalue weighted by molar-refractivity contribution is -0.134. The molecule has 0 aromatic carbocycles. The topological polar surface area (TPSA) is 67.8 Å². The first kappa shape index (κ1) is 13.9. The van der Waals surface area contributed by atoms with Crippen molar-refractivity contribution in [3.05, 3.63) is 12.3 Å². The number of rotatable bonds is 7. The Hall–Kier alpha value is -1.07. The van der Waals surface area contributed by atoms with Crippen LogP contribution < -0.4 is 5.32 Å². The van der Waals surface area contributed by atoms with E-state index in [1.54, 1.807) is 14.0 Å². The van der Waals surface area contributed by atoms with Crippen LogP contribution in [0.3, 0.4) is 0 Å². The van der Waals surface area contributed by atoms with Crippen LogP contribution in [0.15, 0.2) is 12.3 Å². The van der Waals surface area contributed by atoms with Crippen molar-refractivity contribution in [3.8, 4) is 0 Å². The van der Waals surface area contributed by atoms with Crippen LogP contribution in [0.2, 0.25) is 0 Å². The molecule has 0 radical (unpaired) electrons. The quantitative estimate of drug-likeness (QED) is 0.466. The summed E-state index contributed by atoms with van der Waals surface area (Å²) in [6.07, 6.45) is 3.24. The number of ether oxygens (including phenoxy) is 2. The molecule has 0 aliphatic heterocycles. The van der Waals surface area contributed by atoms with Gasteiger partial charge < -0.3 is 19.9 Å². The normalized spacial score (nSPS) is 14.9. The molecule has 15 heavy (non-hydrogen) atoms. The standard InChI is InChI=1S/C10H19NO4/c1-10(13,5-7-14-2)8-11-6-4-9(12)15-3/h4,6,11,13H,5,7-8H2,1-3H3/b6-4+. The Kier molecular flexibility index (Phi) is 6.73. The van der Waals surface area contributed by atoms with Crippen LogP contribution in [0.4, 0.5) is 0 Å². The van der Waals surface area contributed by atoms with Gasteiger partial charge in [-0.2, -0.15) is 0 Å². The molecule has 0 heterocycles. The van der Waals surface area contributed by atoms with Crippen LogP contribution in [-0.4, -0.2) is 44.0 Å². The van der Waals surface area contributed by atoms with Crippen molar-refractivity contribution in [2.24, 2.45) is 0 Å². The van der Waals surface area contributed by atoms with Crippen LogP contribution in [0.5, 0.6) is 0 Å². The summed E-state index contributed by atoms with van der Waals surface area (Å²) in [5.74, 6) is -0.431. The molecule has 1 atom stereocenters. The number of hydrogen-bond donors (Lipinski definition) is 2. The molecule has 0 aromatic heterocycles. The summed E-state index contributed by atoms with van der Waals surface area (Å²) < 4.78 is 9.26. The average Bonchev–Trinajstić information content (AvgIpc) is 2.21. The number of aliphatic hydroxyl groups is 1. The van der Waals surface area contributed by atoms with Crippen molar-refractivity contribution in [1.82, 2.24) is 5.32 Å². The van der Waals surface area contributed by atoms with Crippen molar-refractivity contribution in [2.75, 3.05) is 27.4 Å². The maximum absolute atomic E-state index is 10.7. The zero-order chi connectivity index (χ0) is 11.7. The molecule has 5 heteroatoms. The largest absolute Gasteiger partial charge is 0.466 e. The summed E-state index contributed by atoms with van der Waals surface area (Å²) in [4.78, 5) is 10.7. The molecule has 0 aliphatic carbocycles. The molecule has 1 unspecified atom stereocenters. The monoisotopic (exact) mass is 217 g/mol. The predicted octanol–water partition coefficient (Wildman–Crippen LogP) is 0.0502. The summed E-state index contributed by atoms with van der Waals surface area (Å²) in [5.41, 5.74) is -0.851. The molecule has 0 aliphatic rings. The Morgan fingerprint density at radius 2 is 2.20 bits per heavy atom. The van der Waals surface area contributed by atoms with E-state index in [0.717, 1.165) is 0 Å². The van der Waals surface area contributed by atoms with Gasteiger partial charge in [0.2, 0.25) is 0 Å². The van der Waals surface area contributed by atoms with E-state index in [4.69, 9.17) is 4.74 Å². The predicted molar refractivity (Wildman–Crippen MR) is 56.3 cm³/mol. The molecule has 0 fully saturated rings. The van der Waals surface area contributed by atoms with Gasteiger partial charge in [0.15, 0.2) is 0 Å². The third kappa shape index (κ3) is 7.96. The Morgan fingerprint density at radius 1 is 1.53 bits per heavy atom. The van der Waals surface area contributed by atoms with Crippen LogP contribution in [0.25, 0.3) is 0 Å². The smallest absolute Gasteiger partial charge is 0.331 e. The van der Waals surface area contributed by atoms with Gasteiger partial charge in [-0.3, -0.25) is 0 Å². The van der Waals surface area contributed by atoms with Crippen LogP contribution in [0.1, 0.15) is 13.3 Å². The third-order valence-electron chi connectivity index (χ3n) is 1.87. The van der Waals surface area contributed by atoms with Crippen molar-refractivity contribution in [2.45, 2.75) is 18.9 Å². The molecule has 0 bridgehead atoms. The zero-order valence-electron chi connectivity index (χ0n) is 9.45. The number of nitrogens with one attached hydrogen (secondary N) is 1. The van der Waals surface area contributed by atoms with Gasteiger partial charge in [-0.1, -0.05) is 0 Å². The van der Waals surface area contributed by atoms with Gasteiger partial charge in [-0.25, -0.2) is 4.79 Å². The van der Waals surface area contributed by atoms with Gasteiger partial charge in [-0.15, -0.1) is 0 Å². The fourth-order valence-corrected chi connectivity index (χ4v) is 0.884.